The summed E-state index contributed by atoms with van der Waals surface area (Å²) in [6.45, 7) is 6.01. The smallest absolute Gasteiger partial charge is 0.00695 e. The molecule has 8 rings (SSSR count). The van der Waals surface area contributed by atoms with E-state index in [1.54, 1.807) is 128 Å². The Kier molecular flexibility index (Phi) is 4.67. The predicted octanol–water partition coefficient (Wildman–Crippen LogP) is 10.0. The second-order valence-corrected chi connectivity index (χ2v) is 23.4. The topological polar surface area (TPSA) is 0 Å². The molecule has 184 valence electrons. The highest BCUT2D eigenvalue weighted by molar-refractivity contribution is 7.80. The zero-order valence-corrected chi connectivity index (χ0v) is 23.6. The molecule has 2 heteroatoms. The molecule has 0 N–H and O–H groups in total. The second-order valence-electron chi connectivity index (χ2n) is 15.7. The molecular formula is C31H50P2. The molecule has 0 aromatic heterocycles. The van der Waals surface area contributed by atoms with Crippen LogP contribution in [0.2, 0.25) is 0 Å². The third-order valence-electron chi connectivity index (χ3n) is 13.8. The van der Waals surface area contributed by atoms with Crippen molar-refractivity contribution in [2.24, 2.45) is 23.7 Å². The third-order valence-corrected chi connectivity index (χ3v) is 23.5. The van der Waals surface area contributed by atoms with Crippen molar-refractivity contribution < 1.29 is 0 Å². The van der Waals surface area contributed by atoms with E-state index in [0.717, 1.165) is 44.3 Å². The van der Waals surface area contributed by atoms with Crippen LogP contribution in [0.4, 0.5) is 0 Å². The summed E-state index contributed by atoms with van der Waals surface area (Å²) in [7, 11) is 0.255. The molecular weight excluding hydrogens is 434 g/mol. The van der Waals surface area contributed by atoms with Gasteiger partial charge in [-0.15, -0.1) is 0 Å². The summed E-state index contributed by atoms with van der Waals surface area (Å²) >= 11 is 0. The van der Waals surface area contributed by atoms with Crippen LogP contribution in [0.15, 0.2) is 0 Å². The molecule has 0 atom stereocenters. The minimum atomic E-state index is 0.128. The van der Waals surface area contributed by atoms with E-state index in [1.807, 2.05) is 0 Å². The van der Waals surface area contributed by atoms with E-state index in [-0.39, 0.29) is 15.8 Å². The Morgan fingerprint density at radius 3 is 0.788 bits per heavy atom. The molecule has 0 amide bonds. The van der Waals surface area contributed by atoms with Gasteiger partial charge in [0.05, 0.1) is 0 Å². The van der Waals surface area contributed by atoms with Crippen LogP contribution in [0.25, 0.3) is 0 Å². The molecule has 0 aliphatic heterocycles. The monoisotopic (exact) mass is 484 g/mol. The van der Waals surface area contributed by atoms with E-state index >= 15 is 0 Å². The first kappa shape index (κ1) is 21.9. The molecule has 8 saturated carbocycles. The minimum Gasteiger partial charge on any atom is -0.0836 e. The zero-order valence-electron chi connectivity index (χ0n) is 21.8. The molecule has 8 aliphatic carbocycles. The Labute approximate surface area is 207 Å². The Hall–Kier alpha value is 0.860. The first-order valence-corrected chi connectivity index (χ1v) is 18.2. The van der Waals surface area contributed by atoms with Gasteiger partial charge < -0.3 is 0 Å². The summed E-state index contributed by atoms with van der Waals surface area (Å²) in [6, 6.07) is 0. The molecule has 0 unspecified atom stereocenters. The molecule has 0 saturated heterocycles. The highest BCUT2D eigenvalue weighted by atomic mass is 31.2. The summed E-state index contributed by atoms with van der Waals surface area (Å²) in [5.41, 5.74) is 0. The van der Waals surface area contributed by atoms with E-state index < -0.39 is 0 Å². The van der Waals surface area contributed by atoms with Crippen LogP contribution in [0, 0.1) is 23.7 Å². The molecule has 8 aliphatic rings. The van der Waals surface area contributed by atoms with Crippen molar-refractivity contribution in [2.75, 3.05) is 0 Å². The van der Waals surface area contributed by atoms with E-state index in [2.05, 4.69) is 13.8 Å². The standard InChI is InChI=1S/C31H50P2/c1-27(2,32(28-11-3-23(19-28)4-12-28)29-13-5-24(20-29)6-14-29)33(30-15-7-25(21-30)8-16-30)31-17-9-26(22-31)10-18-31/h23-26H,3-22H2,1-2H3. The molecule has 33 heavy (non-hydrogen) atoms. The number of hydrogen-bond donors (Lipinski definition) is 0. The van der Waals surface area contributed by atoms with Gasteiger partial charge in [-0.05, 0) is 173 Å². The quantitative estimate of drug-likeness (QED) is 0.329. The van der Waals surface area contributed by atoms with Gasteiger partial charge in [0.1, 0.15) is 0 Å². The second kappa shape index (κ2) is 7.03. The fraction of sp³-hybridized carbons (Fsp3) is 1.00. The van der Waals surface area contributed by atoms with E-state index in [9.17, 15) is 0 Å². The Morgan fingerprint density at radius 2 is 0.636 bits per heavy atom. The molecule has 0 radical (unpaired) electrons. The van der Waals surface area contributed by atoms with Crippen molar-refractivity contribution in [1.29, 1.82) is 0 Å². The summed E-state index contributed by atoms with van der Waals surface area (Å²) < 4.78 is 0. The molecule has 0 aromatic carbocycles. The van der Waals surface area contributed by atoms with E-state index in [0.29, 0.717) is 4.90 Å². The summed E-state index contributed by atoms with van der Waals surface area (Å²) in [6.07, 6.45) is 33.0. The predicted molar refractivity (Wildman–Crippen MR) is 145 cm³/mol. The lowest BCUT2D eigenvalue weighted by Crippen LogP contribution is -2.47. The molecule has 0 aromatic rings. The largest absolute Gasteiger partial charge is 0.0836 e. The average Bonchev–Trinajstić information content (AvgIpc) is 3.64. The minimum absolute atomic E-state index is 0.128. The number of rotatable bonds is 6. The molecule has 8 bridgehead atoms. The normalized spacial score (nSPS) is 55.8. The Morgan fingerprint density at radius 1 is 0.424 bits per heavy atom. The van der Waals surface area contributed by atoms with Gasteiger partial charge >= 0.3 is 0 Å². The van der Waals surface area contributed by atoms with E-state index in [4.69, 9.17) is 0 Å². The van der Waals surface area contributed by atoms with Crippen molar-refractivity contribution in [3.63, 3.8) is 0 Å². The SMILES string of the molecule is CC(C)(P(C12CCC(CC1)C2)C12CCC(CC1)C2)P(C12CCC(CC1)C2)C12CCC(CC1)C2. The lowest BCUT2D eigenvalue weighted by molar-refractivity contribution is 0.458. The van der Waals surface area contributed by atoms with Gasteiger partial charge in [0.15, 0.2) is 0 Å². The average molecular weight is 485 g/mol. The Bertz CT molecular complexity index is 669. The van der Waals surface area contributed by atoms with Crippen molar-refractivity contribution in [1.82, 2.24) is 0 Å². The fourth-order valence-electron chi connectivity index (χ4n) is 13.3. The van der Waals surface area contributed by atoms with Crippen molar-refractivity contribution in [3.8, 4) is 0 Å². The summed E-state index contributed by atoms with van der Waals surface area (Å²) in [5, 5.41) is 3.29. The van der Waals surface area contributed by atoms with Crippen molar-refractivity contribution in [2.45, 2.75) is 168 Å². The van der Waals surface area contributed by atoms with Crippen molar-refractivity contribution >= 4 is 15.8 Å². The Balaban J connectivity index is 1.29. The maximum atomic E-state index is 3.01. The molecule has 0 nitrogen and oxygen atoms in total. The van der Waals surface area contributed by atoms with Gasteiger partial charge in [0.2, 0.25) is 0 Å². The summed E-state index contributed by atoms with van der Waals surface area (Å²) in [5.74, 6) is 4.53. The van der Waals surface area contributed by atoms with Crippen LogP contribution < -0.4 is 0 Å². The van der Waals surface area contributed by atoms with Crippen LogP contribution in [0.1, 0.15) is 142 Å². The zero-order chi connectivity index (χ0) is 22.1. The molecule has 8 fully saturated rings. The van der Waals surface area contributed by atoms with Gasteiger partial charge in [0, 0.05) is 4.90 Å². The van der Waals surface area contributed by atoms with Crippen LogP contribution in [0.3, 0.4) is 0 Å². The fourth-order valence-corrected chi connectivity index (χ4v) is 27.9. The first-order valence-electron chi connectivity index (χ1n) is 15.5. The maximum Gasteiger partial charge on any atom is 0.00695 e. The highest BCUT2D eigenvalue weighted by Crippen LogP contribution is 2.93. The van der Waals surface area contributed by atoms with Crippen LogP contribution in [-0.4, -0.2) is 25.5 Å². The van der Waals surface area contributed by atoms with Gasteiger partial charge in [-0.3, -0.25) is 0 Å². The lowest BCUT2D eigenvalue weighted by atomic mass is 9.99. The first-order chi connectivity index (χ1) is 15.9. The van der Waals surface area contributed by atoms with Crippen LogP contribution in [0.5, 0.6) is 0 Å². The maximum absolute atomic E-state index is 3.01. The molecule has 0 heterocycles. The van der Waals surface area contributed by atoms with Gasteiger partial charge in [-0.1, -0.05) is 29.7 Å². The van der Waals surface area contributed by atoms with Gasteiger partial charge in [-0.2, -0.15) is 0 Å². The van der Waals surface area contributed by atoms with Crippen LogP contribution in [-0.2, 0) is 0 Å². The third kappa shape index (κ3) is 2.85. The number of fused-ring (bicyclic) bond motifs is 8. The lowest BCUT2D eigenvalue weighted by Gasteiger charge is -2.64. The van der Waals surface area contributed by atoms with Gasteiger partial charge in [-0.25, -0.2) is 0 Å². The van der Waals surface area contributed by atoms with Crippen molar-refractivity contribution in [3.05, 3.63) is 0 Å². The summed E-state index contributed by atoms with van der Waals surface area (Å²) in [4.78, 5) is 0.682. The van der Waals surface area contributed by atoms with Gasteiger partial charge in [0.25, 0.3) is 0 Å². The number of hydrogen-bond acceptors (Lipinski definition) is 0. The highest BCUT2D eigenvalue weighted by Gasteiger charge is 2.70. The molecule has 0 spiro atoms. The van der Waals surface area contributed by atoms with E-state index in [1.165, 1.54) is 0 Å². The van der Waals surface area contributed by atoms with Crippen LogP contribution >= 0.6 is 15.8 Å².